The molecule has 24 rings (SSSR count). The average Bonchev–Trinajstić information content (AvgIpc) is 1.54. The number of hydrogen-bond acceptors (Lipinski definition) is 12. The zero-order valence-corrected chi connectivity index (χ0v) is 61.4. The number of hydrogen-bond donors (Lipinski definition) is 0. The molecule has 0 N–H and O–H groups in total. The van der Waals surface area contributed by atoms with E-state index in [2.05, 4.69) is 279 Å². The Labute approximate surface area is 624 Å². The molecule has 12 aromatic carbocycles. The summed E-state index contributed by atoms with van der Waals surface area (Å²) in [5, 5.41) is 14.4. The molecule has 0 fully saturated rings. The van der Waals surface area contributed by atoms with Gasteiger partial charge in [-0.1, -0.05) is 137 Å². The molecular formula is C92H54N8OS5. The molecule has 2 aliphatic rings. The number of fused-ring (bicyclic) bond motifs is 22. The number of aromatic nitrogens is 8. The summed E-state index contributed by atoms with van der Waals surface area (Å²) >= 11 is 9.22. The first kappa shape index (κ1) is 59.5. The van der Waals surface area contributed by atoms with Crippen molar-refractivity contribution >= 4 is 181 Å². The Morgan fingerprint density at radius 3 is 1.12 bits per heavy atom. The fourth-order valence-corrected chi connectivity index (χ4v) is 23.3. The van der Waals surface area contributed by atoms with E-state index in [-0.39, 0.29) is 10.8 Å². The summed E-state index contributed by atoms with van der Waals surface area (Å²) in [4.78, 5) is 35.0. The van der Waals surface area contributed by atoms with Crippen LogP contribution in [0.25, 0.3) is 214 Å². The Morgan fingerprint density at radius 2 is 0.651 bits per heavy atom. The first-order chi connectivity index (χ1) is 52.0. The predicted molar refractivity (Wildman–Crippen MR) is 446 cm³/mol. The molecule has 0 unspecified atom stereocenters. The lowest BCUT2D eigenvalue weighted by molar-refractivity contribution is 0.550. The van der Waals surface area contributed by atoms with Gasteiger partial charge in [0.1, 0.15) is 6.26 Å². The van der Waals surface area contributed by atoms with Crippen LogP contribution in [0.2, 0.25) is 0 Å². The van der Waals surface area contributed by atoms with Gasteiger partial charge >= 0.3 is 0 Å². The highest BCUT2D eigenvalue weighted by Gasteiger charge is 2.39. The third-order valence-corrected chi connectivity index (χ3v) is 28.9. The molecule has 106 heavy (non-hydrogen) atoms. The van der Waals surface area contributed by atoms with Crippen LogP contribution in [0.1, 0.15) is 49.3 Å². The van der Waals surface area contributed by atoms with E-state index in [4.69, 9.17) is 34.3 Å². The summed E-state index contributed by atoms with van der Waals surface area (Å²) in [6.07, 6.45) is 3.80. The molecule has 14 heteroatoms. The molecule has 0 saturated carbocycles. The van der Waals surface area contributed by atoms with Crippen LogP contribution >= 0.6 is 56.7 Å². The molecule has 22 aromatic rings. The van der Waals surface area contributed by atoms with Crippen LogP contribution in [0.5, 0.6) is 0 Å². The Morgan fingerprint density at radius 1 is 0.283 bits per heavy atom. The van der Waals surface area contributed by atoms with Gasteiger partial charge in [-0.25, -0.2) is 29.9 Å². The molecule has 0 aliphatic carbocycles. The first-order valence-electron chi connectivity index (χ1n) is 35.6. The Hall–Kier alpha value is -11.9. The molecule has 0 saturated heterocycles. The smallest absolute Gasteiger partial charge is 0.164 e. The number of nitrogens with zero attached hydrogens (tertiary/aromatic N) is 8. The minimum absolute atomic E-state index is 0.235. The Kier molecular flexibility index (Phi) is 12.0. The zero-order valence-electron chi connectivity index (χ0n) is 57.3. The van der Waals surface area contributed by atoms with Crippen molar-refractivity contribution < 1.29 is 4.42 Å². The Bertz CT molecular complexity index is 7560. The van der Waals surface area contributed by atoms with Gasteiger partial charge in [-0.3, -0.25) is 0 Å². The van der Waals surface area contributed by atoms with Crippen molar-refractivity contribution in [3.63, 3.8) is 0 Å². The van der Waals surface area contributed by atoms with Crippen LogP contribution in [0.15, 0.2) is 260 Å². The van der Waals surface area contributed by atoms with Crippen LogP contribution in [-0.2, 0) is 10.8 Å². The van der Waals surface area contributed by atoms with E-state index in [1.807, 2.05) is 69.2 Å². The van der Waals surface area contributed by atoms with Crippen LogP contribution in [0, 0.1) is 0 Å². The average molecular weight is 1450 g/mol. The molecule has 498 valence electrons. The quantitative estimate of drug-likeness (QED) is 0.157. The van der Waals surface area contributed by atoms with E-state index >= 15 is 0 Å². The second-order valence-corrected chi connectivity index (χ2v) is 34.7. The number of benzene rings is 12. The maximum Gasteiger partial charge on any atom is 0.164 e. The van der Waals surface area contributed by atoms with Crippen LogP contribution in [0.4, 0.5) is 0 Å². The summed E-state index contributed by atoms with van der Waals surface area (Å²) in [5.41, 5.74) is 17.1. The third-order valence-electron chi connectivity index (χ3n) is 22.7. The van der Waals surface area contributed by atoms with E-state index in [1.54, 1.807) is 0 Å². The molecule has 0 atom stereocenters. The largest absolute Gasteiger partial charge is 0.470 e. The summed E-state index contributed by atoms with van der Waals surface area (Å²) in [5.74, 6) is 3.78. The lowest BCUT2D eigenvalue weighted by atomic mass is 9.76. The number of para-hydroxylation sites is 2. The van der Waals surface area contributed by atoms with E-state index in [1.165, 1.54) is 140 Å². The van der Waals surface area contributed by atoms with E-state index in [9.17, 15) is 0 Å². The van der Waals surface area contributed by atoms with Gasteiger partial charge in [0, 0.05) is 167 Å². The van der Waals surface area contributed by atoms with Crippen molar-refractivity contribution in [1.29, 1.82) is 0 Å². The number of thiophene rings is 5. The summed E-state index contributed by atoms with van der Waals surface area (Å²) in [7, 11) is 0. The summed E-state index contributed by atoms with van der Waals surface area (Å²) < 4.78 is 20.8. The van der Waals surface area contributed by atoms with Crippen molar-refractivity contribution in [2.24, 2.45) is 0 Å². The van der Waals surface area contributed by atoms with Crippen molar-refractivity contribution in [2.75, 3.05) is 0 Å². The summed E-state index contributed by atoms with van der Waals surface area (Å²) in [6, 6.07) is 89.0. The predicted octanol–water partition coefficient (Wildman–Crippen LogP) is 26.3. The van der Waals surface area contributed by atoms with Crippen molar-refractivity contribution in [3.8, 4) is 90.1 Å². The second kappa shape index (κ2) is 21.4. The highest BCUT2D eigenvalue weighted by molar-refractivity contribution is 7.27. The fourth-order valence-electron chi connectivity index (χ4n) is 17.5. The minimum Gasteiger partial charge on any atom is -0.470 e. The summed E-state index contributed by atoms with van der Waals surface area (Å²) in [6.45, 7) is 9.39. The molecule has 10 aromatic heterocycles. The van der Waals surface area contributed by atoms with Gasteiger partial charge in [0.25, 0.3) is 0 Å². The van der Waals surface area contributed by atoms with Gasteiger partial charge < -0.3 is 13.6 Å². The van der Waals surface area contributed by atoms with Gasteiger partial charge in [-0.2, -0.15) is 0 Å². The van der Waals surface area contributed by atoms with Crippen LogP contribution in [0.3, 0.4) is 0 Å². The lowest BCUT2D eigenvalue weighted by Gasteiger charge is -2.32. The molecule has 2 aliphatic heterocycles. The van der Waals surface area contributed by atoms with E-state index in [0.29, 0.717) is 34.9 Å². The minimum atomic E-state index is -0.301. The highest BCUT2D eigenvalue weighted by atomic mass is 32.1. The third kappa shape index (κ3) is 8.32. The molecule has 9 nitrogen and oxygen atoms in total. The molecule has 12 heterocycles. The molecular weight excluding hydrogens is 1390 g/mol. The van der Waals surface area contributed by atoms with Gasteiger partial charge in [-0.05, 0) is 145 Å². The number of rotatable bonds is 7. The maximum absolute atomic E-state index is 5.96. The van der Waals surface area contributed by atoms with Crippen LogP contribution in [-0.4, -0.2) is 39.0 Å². The van der Waals surface area contributed by atoms with Crippen molar-refractivity contribution in [2.45, 2.75) is 38.5 Å². The van der Waals surface area contributed by atoms with Crippen molar-refractivity contribution in [3.05, 3.63) is 277 Å². The van der Waals surface area contributed by atoms with Crippen LogP contribution < -0.4 is 0 Å². The van der Waals surface area contributed by atoms with Gasteiger partial charge in [0.2, 0.25) is 0 Å². The standard InChI is InChI=1S/C92H54N8OS5/c1-91(2)66-21-12-17-56-61-39-48(27-33-70(61)100(81(56)66)72-46-101-45-68(72)91)86-95-89(51-30-36-78-64(42-51)55-16-7-10-25-75(55)104-78)98-90(96-86)52-31-37-79-65(43-52)58-19-11-20-59(83(58)105-79)80-44-71-84(106-80)92(3,4)67-22-13-18-57-60-38-47(26-32-69(60)99(71)82(57)67)85-93-87(49-28-34-76-62(40-49)53-14-5-8-23-73(53)102-76)97-88(94-85)50-29-35-77-63(41-50)54-15-6-9-24-74(54)103-77/h5-46H,1-4H3. The van der Waals surface area contributed by atoms with Gasteiger partial charge in [0.05, 0.1) is 39.7 Å². The van der Waals surface area contributed by atoms with E-state index < -0.39 is 0 Å². The van der Waals surface area contributed by atoms with Gasteiger partial charge in [0.15, 0.2) is 34.9 Å². The normalized spacial score (nSPS) is 13.8. The SMILES string of the molecule is CC1(C)c2cocc2-n2c3ccc(-c4nc(-c5ccc6sc7ccccc7c6c5)nc(-c5ccc6sc7c(-c8cc9c(s8)C(C)(C)c8cccc%10c%11cc(-c%12nc(-c%13ccc%14sc%15ccccc%15c%14c%13)nc(-c%13ccc%14sc%15ccccc%15c%14c%13)n%12)ccc%11n-9c8%10)cccc7c6c5)n4)cc3c3cccc1c32. The molecule has 0 radical (unpaired) electrons. The topological polar surface area (TPSA) is 100 Å². The van der Waals surface area contributed by atoms with E-state index in [0.717, 1.165) is 60.9 Å². The number of furan rings is 1. The molecule has 0 spiro atoms. The molecule has 0 amide bonds. The zero-order chi connectivity index (χ0) is 69.7. The van der Waals surface area contributed by atoms with Crippen molar-refractivity contribution in [1.82, 2.24) is 39.0 Å². The maximum atomic E-state index is 5.96. The monoisotopic (exact) mass is 1450 g/mol. The highest BCUT2D eigenvalue weighted by Crippen LogP contribution is 2.55. The molecule has 0 bridgehead atoms. The fraction of sp³-hybridized carbons (Fsp3) is 0.0652. The lowest BCUT2D eigenvalue weighted by Crippen LogP contribution is -2.24. The second-order valence-electron chi connectivity index (χ2n) is 29.3. The van der Waals surface area contributed by atoms with Gasteiger partial charge in [-0.15, -0.1) is 56.7 Å². The first-order valence-corrected chi connectivity index (χ1v) is 39.7. The Balaban J connectivity index is 0.633.